The Morgan fingerprint density at radius 3 is 2.58 bits per heavy atom. The van der Waals surface area contributed by atoms with Crippen LogP contribution in [0.1, 0.15) is 68.3 Å². The van der Waals surface area contributed by atoms with E-state index in [1.165, 1.54) is 26.4 Å². The normalized spacial score (nSPS) is 25.7. The van der Waals surface area contributed by atoms with Crippen molar-refractivity contribution in [2.75, 3.05) is 13.7 Å². The van der Waals surface area contributed by atoms with Crippen LogP contribution in [-0.4, -0.2) is 42.7 Å². The number of nitrogens with zero attached hydrogens (tertiary/aromatic N) is 1. The Labute approximate surface area is 211 Å². The van der Waals surface area contributed by atoms with E-state index in [0.29, 0.717) is 40.3 Å². The molecule has 2 aliphatic rings. The fourth-order valence-electron chi connectivity index (χ4n) is 5.31. The van der Waals surface area contributed by atoms with Crippen LogP contribution in [0.4, 0.5) is 4.39 Å². The number of amides is 2. The van der Waals surface area contributed by atoms with E-state index in [2.05, 4.69) is 29.1 Å². The number of nitrogens with one attached hydrogen (secondary N) is 1. The summed E-state index contributed by atoms with van der Waals surface area (Å²) in [5, 5.41) is 3.95. The second-order valence-electron chi connectivity index (χ2n) is 9.73. The third kappa shape index (κ3) is 5.25. The molecule has 2 heterocycles. The minimum absolute atomic E-state index is 0.0678. The number of rotatable bonds is 7. The zero-order valence-corrected chi connectivity index (χ0v) is 21.1. The predicted molar refractivity (Wildman–Crippen MR) is 136 cm³/mol. The summed E-state index contributed by atoms with van der Waals surface area (Å²) < 4.78 is 25.6. The van der Waals surface area contributed by atoms with Crippen molar-refractivity contribution < 1.29 is 23.5 Å². The van der Waals surface area contributed by atoms with E-state index in [1.54, 1.807) is 18.3 Å². The highest BCUT2D eigenvalue weighted by Gasteiger charge is 2.41. The maximum Gasteiger partial charge on any atom is 0.255 e. The number of aromatic nitrogens is 1. The van der Waals surface area contributed by atoms with Gasteiger partial charge in [-0.3, -0.25) is 9.59 Å². The molecule has 0 bridgehead atoms. The molecule has 192 valence electrons. The van der Waals surface area contributed by atoms with Crippen LogP contribution < -0.4 is 20.5 Å². The van der Waals surface area contributed by atoms with Gasteiger partial charge in [0.05, 0.1) is 24.3 Å². The third-order valence-corrected chi connectivity index (χ3v) is 7.61. The second-order valence-corrected chi connectivity index (χ2v) is 9.73. The molecule has 1 saturated carbocycles. The summed E-state index contributed by atoms with van der Waals surface area (Å²) in [4.78, 5) is 28.4. The molecule has 3 N–H and O–H groups in total. The standard InChI is InChI=1S/C28H34FN3O4/c1-4-16-6-8-17(9-7-16)10-11-18-14-31-28(36-15-23-19(5-2)25(29)27(34)32-23)21-13-24(35-3)22(26(30)33)12-20(18)21/h12-14,16-17,19,23,25H,4-9,15H2,1-3H3,(H2,30,33)(H,32,34)/t16?,17?,19-,23+,25-/m0/s1. The lowest BCUT2D eigenvalue weighted by Crippen LogP contribution is -2.34. The van der Waals surface area contributed by atoms with E-state index in [9.17, 15) is 14.0 Å². The van der Waals surface area contributed by atoms with E-state index < -0.39 is 29.9 Å². The van der Waals surface area contributed by atoms with E-state index in [-0.39, 0.29) is 12.2 Å². The number of carbonyl (C=O) groups is 2. The second kappa shape index (κ2) is 11.2. The number of hydrogen-bond acceptors (Lipinski definition) is 5. The number of primary amides is 1. The number of fused-ring (bicyclic) bond motifs is 1. The van der Waals surface area contributed by atoms with Crippen LogP contribution >= 0.6 is 0 Å². The summed E-state index contributed by atoms with van der Waals surface area (Å²) in [6, 6.07) is 2.86. The van der Waals surface area contributed by atoms with Crippen LogP contribution in [-0.2, 0) is 4.79 Å². The van der Waals surface area contributed by atoms with Crippen molar-refractivity contribution in [1.82, 2.24) is 10.3 Å². The molecule has 8 heteroatoms. The summed E-state index contributed by atoms with van der Waals surface area (Å²) in [6.07, 6.45) is 6.36. The van der Waals surface area contributed by atoms with Gasteiger partial charge in [-0.05, 0) is 50.2 Å². The van der Waals surface area contributed by atoms with Crippen LogP contribution in [0.2, 0.25) is 0 Å². The smallest absolute Gasteiger partial charge is 0.255 e. The molecule has 0 radical (unpaired) electrons. The van der Waals surface area contributed by atoms with Crippen LogP contribution in [0.25, 0.3) is 10.8 Å². The summed E-state index contributed by atoms with van der Waals surface area (Å²) in [5.41, 5.74) is 6.52. The largest absolute Gasteiger partial charge is 0.496 e. The fourth-order valence-corrected chi connectivity index (χ4v) is 5.31. The lowest BCUT2D eigenvalue weighted by atomic mass is 9.81. The van der Waals surface area contributed by atoms with Crippen molar-refractivity contribution >= 4 is 22.6 Å². The van der Waals surface area contributed by atoms with Crippen molar-refractivity contribution in [2.24, 2.45) is 23.5 Å². The first-order chi connectivity index (χ1) is 17.4. The molecule has 1 aromatic carbocycles. The van der Waals surface area contributed by atoms with Gasteiger partial charge in [-0.2, -0.15) is 0 Å². The summed E-state index contributed by atoms with van der Waals surface area (Å²) >= 11 is 0. The van der Waals surface area contributed by atoms with Crippen molar-refractivity contribution in [1.29, 1.82) is 0 Å². The van der Waals surface area contributed by atoms with Crippen molar-refractivity contribution in [3.05, 3.63) is 29.5 Å². The molecule has 1 saturated heterocycles. The van der Waals surface area contributed by atoms with Crippen molar-refractivity contribution in [3.8, 4) is 23.5 Å². The van der Waals surface area contributed by atoms with Gasteiger partial charge in [0.25, 0.3) is 11.8 Å². The van der Waals surface area contributed by atoms with E-state index >= 15 is 0 Å². The molecule has 3 atom stereocenters. The number of benzene rings is 1. The molecule has 2 aromatic rings. The minimum atomic E-state index is -1.54. The molecular formula is C28H34FN3O4. The monoisotopic (exact) mass is 495 g/mol. The van der Waals surface area contributed by atoms with Gasteiger partial charge < -0.3 is 20.5 Å². The van der Waals surface area contributed by atoms with E-state index in [4.69, 9.17) is 15.2 Å². The first-order valence-electron chi connectivity index (χ1n) is 12.8. The van der Waals surface area contributed by atoms with E-state index in [1.807, 2.05) is 6.92 Å². The molecule has 1 aliphatic heterocycles. The quantitative estimate of drug-likeness (QED) is 0.562. The third-order valence-electron chi connectivity index (χ3n) is 7.61. The van der Waals surface area contributed by atoms with Crippen LogP contribution in [0.15, 0.2) is 18.3 Å². The Morgan fingerprint density at radius 2 is 1.94 bits per heavy atom. The molecule has 7 nitrogen and oxygen atoms in total. The number of methoxy groups -OCH3 is 1. The van der Waals surface area contributed by atoms with Gasteiger partial charge in [-0.25, -0.2) is 9.37 Å². The first-order valence-corrected chi connectivity index (χ1v) is 12.8. The number of hydrogen-bond donors (Lipinski definition) is 2. The molecule has 4 rings (SSSR count). The highest BCUT2D eigenvalue weighted by molar-refractivity contribution is 6.03. The van der Waals surface area contributed by atoms with Crippen LogP contribution in [0.3, 0.4) is 0 Å². The number of carbonyl (C=O) groups excluding carboxylic acids is 2. The van der Waals surface area contributed by atoms with Gasteiger partial charge in [0, 0.05) is 28.8 Å². The fraction of sp³-hybridized carbons (Fsp3) is 0.536. The number of halogens is 1. The van der Waals surface area contributed by atoms with E-state index in [0.717, 1.165) is 18.8 Å². The highest BCUT2D eigenvalue weighted by Crippen LogP contribution is 2.34. The molecule has 0 unspecified atom stereocenters. The summed E-state index contributed by atoms with van der Waals surface area (Å²) in [7, 11) is 1.46. The van der Waals surface area contributed by atoms with Gasteiger partial charge in [-0.1, -0.05) is 32.1 Å². The lowest BCUT2D eigenvalue weighted by molar-refractivity contribution is -0.123. The average molecular weight is 496 g/mol. The Morgan fingerprint density at radius 1 is 1.19 bits per heavy atom. The maximum atomic E-state index is 14.2. The number of nitrogens with two attached hydrogens (primary N) is 1. The Kier molecular flexibility index (Phi) is 7.97. The molecule has 1 aromatic heterocycles. The van der Waals surface area contributed by atoms with Crippen molar-refractivity contribution in [2.45, 2.75) is 64.6 Å². The number of ether oxygens (including phenoxy) is 2. The first kappa shape index (κ1) is 25.7. The van der Waals surface area contributed by atoms with Crippen LogP contribution in [0, 0.1) is 29.6 Å². The number of alkyl halides is 1. The Hall–Kier alpha value is -3.34. The summed E-state index contributed by atoms with van der Waals surface area (Å²) in [5.74, 6) is 6.71. The zero-order valence-electron chi connectivity index (χ0n) is 21.1. The molecule has 0 spiro atoms. The number of pyridine rings is 1. The SMILES string of the molecule is CCC1CCC(C#Cc2cnc(OC[C@H]3NC(=O)[C@@H](F)[C@H]3CC)c3cc(OC)c(C(N)=O)cc23)CC1. The van der Waals surface area contributed by atoms with Gasteiger partial charge in [0.2, 0.25) is 5.88 Å². The van der Waals surface area contributed by atoms with Gasteiger partial charge in [0.1, 0.15) is 12.4 Å². The van der Waals surface area contributed by atoms with Gasteiger partial charge in [0.15, 0.2) is 6.17 Å². The summed E-state index contributed by atoms with van der Waals surface area (Å²) in [6.45, 7) is 4.15. The van der Waals surface area contributed by atoms with Crippen LogP contribution in [0.5, 0.6) is 11.6 Å². The Bertz CT molecular complexity index is 1200. The zero-order chi connectivity index (χ0) is 25.8. The highest BCUT2D eigenvalue weighted by atomic mass is 19.1. The topological polar surface area (TPSA) is 104 Å². The maximum absolute atomic E-state index is 14.2. The molecule has 2 fully saturated rings. The molecule has 36 heavy (non-hydrogen) atoms. The van der Waals surface area contributed by atoms with Crippen molar-refractivity contribution in [3.63, 3.8) is 0 Å². The predicted octanol–water partition coefficient (Wildman–Crippen LogP) is 4.15. The van der Waals surface area contributed by atoms with Gasteiger partial charge in [-0.15, -0.1) is 0 Å². The lowest BCUT2D eigenvalue weighted by Gasteiger charge is -2.24. The molecule has 1 aliphatic carbocycles. The Balaban J connectivity index is 1.67. The minimum Gasteiger partial charge on any atom is -0.496 e. The molecular weight excluding hydrogens is 461 g/mol. The molecule has 2 amide bonds. The average Bonchev–Trinajstić information content (AvgIpc) is 3.17. The van der Waals surface area contributed by atoms with Gasteiger partial charge >= 0.3 is 0 Å².